The van der Waals surface area contributed by atoms with E-state index >= 15 is 0 Å². The molecule has 0 fully saturated rings. The average molecular weight is 478 g/mol. The zero-order chi connectivity index (χ0) is 25.9. The van der Waals surface area contributed by atoms with Gasteiger partial charge in [-0.25, -0.2) is 14.4 Å². The van der Waals surface area contributed by atoms with Crippen molar-refractivity contribution in [3.05, 3.63) is 92.4 Å². The standard InChI is InChI=1S/C23H18N4O8/c1-34-22(30)18-17(12-6-4-3-5-7-12)14(11-24)20(25)26(19(18)23(31)35-2)15-9-8-13(21(28)29)10-16(15)27(32)33/h3-10,17H,25H2,1-2H3,(H,28,29). The Hall–Kier alpha value is -5.18. The van der Waals surface area contributed by atoms with Gasteiger partial charge in [-0.1, -0.05) is 30.3 Å². The van der Waals surface area contributed by atoms with E-state index in [4.69, 9.17) is 15.2 Å². The minimum atomic E-state index is -1.43. The van der Waals surface area contributed by atoms with Crippen LogP contribution in [0.15, 0.2) is 71.2 Å². The normalized spacial score (nSPS) is 15.3. The predicted molar refractivity (Wildman–Crippen MR) is 120 cm³/mol. The highest BCUT2D eigenvalue weighted by atomic mass is 16.6. The first kappa shape index (κ1) is 24.5. The lowest BCUT2D eigenvalue weighted by Crippen LogP contribution is -2.41. The first-order valence-electron chi connectivity index (χ1n) is 9.85. The van der Waals surface area contributed by atoms with Crippen LogP contribution in [0.1, 0.15) is 21.8 Å². The molecule has 12 nitrogen and oxygen atoms in total. The summed E-state index contributed by atoms with van der Waals surface area (Å²) in [6.07, 6.45) is 0. The molecular formula is C23H18N4O8. The molecular weight excluding hydrogens is 460 g/mol. The molecule has 0 aliphatic carbocycles. The molecule has 3 N–H and O–H groups in total. The fraction of sp³-hybridized carbons (Fsp3) is 0.130. The molecule has 3 rings (SSSR count). The number of nitrogens with two attached hydrogens (primary N) is 1. The third-order valence-electron chi connectivity index (χ3n) is 5.27. The first-order valence-corrected chi connectivity index (χ1v) is 9.85. The molecule has 0 radical (unpaired) electrons. The highest BCUT2D eigenvalue weighted by Crippen LogP contribution is 2.45. The Bertz CT molecular complexity index is 1340. The first-order chi connectivity index (χ1) is 16.7. The van der Waals surface area contributed by atoms with E-state index in [0.29, 0.717) is 5.56 Å². The summed E-state index contributed by atoms with van der Waals surface area (Å²) >= 11 is 0. The fourth-order valence-corrected chi connectivity index (χ4v) is 3.76. The number of nitriles is 1. The summed E-state index contributed by atoms with van der Waals surface area (Å²) in [4.78, 5) is 49.2. The fourth-order valence-electron chi connectivity index (χ4n) is 3.76. The third kappa shape index (κ3) is 4.25. The number of nitrogens with zero attached hydrogens (tertiary/aromatic N) is 3. The number of carbonyl (C=O) groups is 3. The van der Waals surface area contributed by atoms with E-state index in [1.54, 1.807) is 30.3 Å². The minimum absolute atomic E-state index is 0.194. The number of methoxy groups -OCH3 is 2. The second-order valence-corrected chi connectivity index (χ2v) is 7.10. The Labute approximate surface area is 198 Å². The third-order valence-corrected chi connectivity index (χ3v) is 5.27. The van der Waals surface area contributed by atoms with Crippen molar-refractivity contribution in [3.63, 3.8) is 0 Å². The Morgan fingerprint density at radius 3 is 2.26 bits per heavy atom. The number of hydrogen-bond donors (Lipinski definition) is 2. The van der Waals surface area contributed by atoms with Crippen LogP contribution >= 0.6 is 0 Å². The number of ether oxygens (including phenoxy) is 2. The summed E-state index contributed by atoms with van der Waals surface area (Å²) < 4.78 is 9.75. The average Bonchev–Trinajstić information content (AvgIpc) is 2.86. The van der Waals surface area contributed by atoms with Crippen LogP contribution in [0.5, 0.6) is 0 Å². The van der Waals surface area contributed by atoms with Gasteiger partial charge in [0.1, 0.15) is 17.2 Å². The van der Waals surface area contributed by atoms with Crippen LogP contribution in [0.3, 0.4) is 0 Å². The maximum atomic E-state index is 13.0. The number of rotatable bonds is 6. The van der Waals surface area contributed by atoms with Crippen LogP contribution in [0, 0.1) is 21.4 Å². The molecule has 0 saturated heterocycles. The summed E-state index contributed by atoms with van der Waals surface area (Å²) in [7, 11) is 2.09. The van der Waals surface area contributed by atoms with E-state index in [0.717, 1.165) is 37.3 Å². The summed E-state index contributed by atoms with van der Waals surface area (Å²) in [6, 6.07) is 13.0. The van der Waals surface area contributed by atoms with E-state index in [1.165, 1.54) is 0 Å². The van der Waals surface area contributed by atoms with Crippen molar-refractivity contribution < 1.29 is 33.9 Å². The molecule has 0 saturated carbocycles. The molecule has 1 aliphatic heterocycles. The molecule has 12 heteroatoms. The maximum Gasteiger partial charge on any atom is 0.355 e. The minimum Gasteiger partial charge on any atom is -0.478 e. The van der Waals surface area contributed by atoms with Gasteiger partial charge < -0.3 is 20.3 Å². The molecule has 1 aliphatic rings. The lowest BCUT2D eigenvalue weighted by atomic mass is 9.81. The molecule has 35 heavy (non-hydrogen) atoms. The number of benzene rings is 2. The lowest BCUT2D eigenvalue weighted by molar-refractivity contribution is -0.384. The summed E-state index contributed by atoms with van der Waals surface area (Å²) in [5.41, 5.74) is 4.16. The number of carboxylic acids is 1. The maximum absolute atomic E-state index is 13.0. The van der Waals surface area contributed by atoms with Gasteiger partial charge in [-0.2, -0.15) is 5.26 Å². The smallest absolute Gasteiger partial charge is 0.355 e. The number of carboxylic acid groups (broad SMARTS) is 1. The van der Waals surface area contributed by atoms with Gasteiger partial charge in [0.25, 0.3) is 5.69 Å². The molecule has 2 aromatic rings. The van der Waals surface area contributed by atoms with Crippen molar-refractivity contribution >= 4 is 29.3 Å². The van der Waals surface area contributed by atoms with E-state index in [2.05, 4.69) is 0 Å². The number of allylic oxidation sites excluding steroid dienone is 1. The van der Waals surface area contributed by atoms with E-state index < -0.39 is 45.7 Å². The molecule has 2 aromatic carbocycles. The number of aromatic carboxylic acids is 1. The summed E-state index contributed by atoms with van der Waals surface area (Å²) in [5.74, 6) is -5.07. The largest absolute Gasteiger partial charge is 0.478 e. The highest BCUT2D eigenvalue weighted by molar-refractivity contribution is 6.07. The van der Waals surface area contributed by atoms with Crippen molar-refractivity contribution in [3.8, 4) is 6.07 Å². The number of nitro groups is 1. The van der Waals surface area contributed by atoms with Gasteiger partial charge >= 0.3 is 17.9 Å². The predicted octanol–water partition coefficient (Wildman–Crippen LogP) is 2.19. The van der Waals surface area contributed by atoms with Gasteiger partial charge in [0.2, 0.25) is 0 Å². The van der Waals surface area contributed by atoms with Crippen molar-refractivity contribution in [1.29, 1.82) is 5.26 Å². The molecule has 0 spiro atoms. The second-order valence-electron chi connectivity index (χ2n) is 7.10. The summed E-state index contributed by atoms with van der Waals surface area (Å²) in [5, 5.41) is 31.1. The number of nitro benzene ring substituents is 1. The zero-order valence-corrected chi connectivity index (χ0v) is 18.4. The molecule has 1 atom stereocenters. The number of hydrogen-bond acceptors (Lipinski definition) is 10. The van der Waals surface area contributed by atoms with E-state index in [-0.39, 0.29) is 22.7 Å². The number of esters is 2. The van der Waals surface area contributed by atoms with Crippen LogP contribution in [-0.4, -0.2) is 42.2 Å². The van der Waals surface area contributed by atoms with Crippen LogP contribution in [0.25, 0.3) is 0 Å². The molecule has 1 heterocycles. The molecule has 0 bridgehead atoms. The number of anilines is 1. The molecule has 178 valence electrons. The van der Waals surface area contributed by atoms with Crippen LogP contribution in [0.2, 0.25) is 0 Å². The van der Waals surface area contributed by atoms with Crippen LogP contribution in [-0.2, 0) is 19.1 Å². The lowest BCUT2D eigenvalue weighted by Gasteiger charge is -2.35. The highest BCUT2D eigenvalue weighted by Gasteiger charge is 2.44. The van der Waals surface area contributed by atoms with Crippen LogP contribution < -0.4 is 10.6 Å². The Morgan fingerprint density at radius 2 is 1.74 bits per heavy atom. The van der Waals surface area contributed by atoms with Gasteiger partial charge in [-0.05, 0) is 17.7 Å². The molecule has 0 aromatic heterocycles. The zero-order valence-electron chi connectivity index (χ0n) is 18.4. The Morgan fingerprint density at radius 1 is 1.11 bits per heavy atom. The molecule has 1 unspecified atom stereocenters. The van der Waals surface area contributed by atoms with E-state index in [9.17, 15) is 34.9 Å². The van der Waals surface area contributed by atoms with Gasteiger partial charge in [0, 0.05) is 6.07 Å². The SMILES string of the molecule is COC(=O)C1=C(C(=O)OC)N(c2ccc(C(=O)O)cc2[N+](=O)[O-])C(N)=C(C#N)C1c1ccccc1. The quantitative estimate of drug-likeness (QED) is 0.352. The van der Waals surface area contributed by atoms with Gasteiger partial charge in [0.15, 0.2) is 0 Å². The van der Waals surface area contributed by atoms with Crippen molar-refractivity contribution in [2.24, 2.45) is 5.73 Å². The van der Waals surface area contributed by atoms with Crippen molar-refractivity contribution in [2.45, 2.75) is 5.92 Å². The van der Waals surface area contributed by atoms with Gasteiger partial charge in [-0.3, -0.25) is 15.0 Å². The second kappa shape index (κ2) is 9.75. The van der Waals surface area contributed by atoms with Gasteiger partial charge in [0.05, 0.1) is 47.8 Å². The van der Waals surface area contributed by atoms with Crippen molar-refractivity contribution in [1.82, 2.24) is 0 Å². The number of carbonyl (C=O) groups excluding carboxylic acids is 2. The Kier molecular flexibility index (Phi) is 6.82. The van der Waals surface area contributed by atoms with E-state index in [1.807, 2.05) is 6.07 Å². The Balaban J connectivity index is 2.48. The topological polar surface area (TPSA) is 186 Å². The van der Waals surface area contributed by atoms with Crippen molar-refractivity contribution in [2.75, 3.05) is 19.1 Å². The van der Waals surface area contributed by atoms with Crippen LogP contribution in [0.4, 0.5) is 11.4 Å². The molecule has 0 amide bonds. The monoisotopic (exact) mass is 478 g/mol. The van der Waals surface area contributed by atoms with Gasteiger partial charge in [-0.15, -0.1) is 0 Å². The summed E-state index contributed by atoms with van der Waals surface area (Å²) in [6.45, 7) is 0.